The first-order valence-electron chi connectivity index (χ1n) is 9.12. The van der Waals surface area contributed by atoms with E-state index in [0.29, 0.717) is 0 Å². The van der Waals surface area contributed by atoms with Gasteiger partial charge in [0.1, 0.15) is 18.0 Å². The van der Waals surface area contributed by atoms with E-state index in [0.717, 1.165) is 17.0 Å². The van der Waals surface area contributed by atoms with Gasteiger partial charge in [0.15, 0.2) is 5.82 Å². The number of carbonyl (C=O) groups excluding carboxylic acids is 2. The standard InChI is InChI=1S/C19H23F4N5O3/c1-10-7-13(20)12(8-11(10)15(29)24-9-19(21,22)23)14-25-16(26-28(14)6)27(5)17(30)31-18(2,3)4/h7-8H,9H2,1-6H3,(H,24,29). The largest absolute Gasteiger partial charge is 0.443 e. The molecule has 31 heavy (non-hydrogen) atoms. The van der Waals surface area contributed by atoms with Gasteiger partial charge >= 0.3 is 12.3 Å². The van der Waals surface area contributed by atoms with Crippen LogP contribution in [0.15, 0.2) is 12.1 Å². The van der Waals surface area contributed by atoms with Crippen molar-refractivity contribution in [2.75, 3.05) is 18.5 Å². The molecule has 0 atom stereocenters. The number of hydrogen-bond acceptors (Lipinski definition) is 5. The number of ether oxygens (including phenoxy) is 1. The maximum Gasteiger partial charge on any atom is 0.416 e. The molecule has 0 spiro atoms. The van der Waals surface area contributed by atoms with Gasteiger partial charge < -0.3 is 10.1 Å². The monoisotopic (exact) mass is 445 g/mol. The molecule has 8 nitrogen and oxygen atoms in total. The van der Waals surface area contributed by atoms with Gasteiger partial charge in [0, 0.05) is 19.7 Å². The molecule has 0 aliphatic heterocycles. The lowest BCUT2D eigenvalue weighted by Crippen LogP contribution is -2.34. The normalized spacial score (nSPS) is 11.9. The van der Waals surface area contributed by atoms with Crippen LogP contribution in [-0.4, -0.2) is 52.1 Å². The molecule has 12 heteroatoms. The molecule has 0 saturated heterocycles. The van der Waals surface area contributed by atoms with Crippen molar-refractivity contribution in [1.82, 2.24) is 20.1 Å². The van der Waals surface area contributed by atoms with E-state index in [2.05, 4.69) is 10.1 Å². The van der Waals surface area contributed by atoms with Crippen molar-refractivity contribution in [1.29, 1.82) is 0 Å². The van der Waals surface area contributed by atoms with Crippen molar-refractivity contribution in [3.63, 3.8) is 0 Å². The first-order valence-corrected chi connectivity index (χ1v) is 9.12. The van der Waals surface area contributed by atoms with E-state index in [1.807, 2.05) is 0 Å². The summed E-state index contributed by atoms with van der Waals surface area (Å²) in [4.78, 5) is 29.6. The number of hydrogen-bond donors (Lipinski definition) is 1. The molecule has 2 aromatic rings. The van der Waals surface area contributed by atoms with Crippen LogP contribution >= 0.6 is 0 Å². The maximum absolute atomic E-state index is 14.6. The quantitative estimate of drug-likeness (QED) is 0.727. The Balaban J connectivity index is 2.39. The summed E-state index contributed by atoms with van der Waals surface area (Å²) < 4.78 is 58.2. The van der Waals surface area contributed by atoms with E-state index in [1.54, 1.807) is 26.1 Å². The van der Waals surface area contributed by atoms with Crippen molar-refractivity contribution in [2.24, 2.45) is 7.05 Å². The predicted octanol–water partition coefficient (Wildman–Crippen LogP) is 3.59. The van der Waals surface area contributed by atoms with Crippen molar-refractivity contribution in [3.05, 3.63) is 29.1 Å². The molecule has 0 aliphatic carbocycles. The van der Waals surface area contributed by atoms with Crippen LogP contribution in [0, 0.1) is 12.7 Å². The number of alkyl halides is 3. The summed E-state index contributed by atoms with van der Waals surface area (Å²) >= 11 is 0. The molecule has 1 aromatic heterocycles. The van der Waals surface area contributed by atoms with Crippen molar-refractivity contribution < 1.29 is 31.9 Å². The van der Waals surface area contributed by atoms with Gasteiger partial charge in [-0.1, -0.05) is 0 Å². The number of nitrogens with zero attached hydrogens (tertiary/aromatic N) is 4. The average Bonchev–Trinajstić information content (AvgIpc) is 2.98. The van der Waals surface area contributed by atoms with Gasteiger partial charge in [0.25, 0.3) is 11.9 Å². The molecular weight excluding hydrogens is 422 g/mol. The highest BCUT2D eigenvalue weighted by Crippen LogP contribution is 2.27. The van der Waals surface area contributed by atoms with Crippen LogP contribution in [0.4, 0.5) is 28.3 Å². The topological polar surface area (TPSA) is 89.4 Å². The van der Waals surface area contributed by atoms with Crippen molar-refractivity contribution >= 4 is 17.9 Å². The molecule has 0 fully saturated rings. The number of carbonyl (C=O) groups is 2. The van der Waals surface area contributed by atoms with Crippen LogP contribution in [0.3, 0.4) is 0 Å². The van der Waals surface area contributed by atoms with E-state index in [1.165, 1.54) is 25.7 Å². The number of amides is 2. The summed E-state index contributed by atoms with van der Waals surface area (Å²) in [5.41, 5.74) is -0.925. The third-order valence-electron chi connectivity index (χ3n) is 3.97. The Labute approximate surface area is 176 Å². The lowest BCUT2D eigenvalue weighted by Gasteiger charge is -2.22. The summed E-state index contributed by atoms with van der Waals surface area (Å²) in [7, 11) is 2.81. The first kappa shape index (κ1) is 24.1. The van der Waals surface area contributed by atoms with E-state index < -0.39 is 36.1 Å². The number of benzene rings is 1. The summed E-state index contributed by atoms with van der Waals surface area (Å²) in [6.45, 7) is 4.93. The molecule has 2 amide bonds. The van der Waals surface area contributed by atoms with Crippen LogP contribution in [0.25, 0.3) is 11.4 Å². The SMILES string of the molecule is Cc1cc(F)c(-c2nc(N(C)C(=O)OC(C)(C)C)nn2C)cc1C(=O)NCC(F)(F)F. The summed E-state index contributed by atoms with van der Waals surface area (Å²) in [5, 5.41) is 5.81. The second-order valence-corrected chi connectivity index (χ2v) is 7.84. The number of nitrogens with one attached hydrogen (secondary N) is 1. The van der Waals surface area contributed by atoms with Gasteiger partial charge in [-0.05, 0) is 45.4 Å². The second kappa shape index (κ2) is 8.52. The Morgan fingerprint density at radius 1 is 1.23 bits per heavy atom. The van der Waals surface area contributed by atoms with Crippen molar-refractivity contribution in [3.8, 4) is 11.4 Å². The maximum atomic E-state index is 14.6. The molecule has 0 aliphatic rings. The number of aryl methyl sites for hydroxylation is 2. The first-order chi connectivity index (χ1) is 14.1. The highest BCUT2D eigenvalue weighted by atomic mass is 19.4. The van der Waals surface area contributed by atoms with Crippen LogP contribution in [0.5, 0.6) is 0 Å². The zero-order valence-corrected chi connectivity index (χ0v) is 17.9. The molecule has 0 bridgehead atoms. The zero-order chi connectivity index (χ0) is 23.7. The molecule has 1 heterocycles. The Morgan fingerprint density at radius 3 is 2.39 bits per heavy atom. The van der Waals surface area contributed by atoms with Crippen molar-refractivity contribution in [2.45, 2.75) is 39.5 Å². The van der Waals surface area contributed by atoms with Gasteiger partial charge in [0.2, 0.25) is 0 Å². The highest BCUT2D eigenvalue weighted by Gasteiger charge is 2.29. The fourth-order valence-corrected chi connectivity index (χ4v) is 2.52. The molecule has 0 radical (unpaired) electrons. The molecule has 2 rings (SSSR count). The highest BCUT2D eigenvalue weighted by molar-refractivity contribution is 5.96. The van der Waals surface area contributed by atoms with Gasteiger partial charge in [-0.25, -0.2) is 18.8 Å². The lowest BCUT2D eigenvalue weighted by atomic mass is 10.0. The van der Waals surface area contributed by atoms with Crippen LogP contribution < -0.4 is 10.2 Å². The molecule has 1 N–H and O–H groups in total. The molecule has 0 unspecified atom stereocenters. The number of halogens is 4. The lowest BCUT2D eigenvalue weighted by molar-refractivity contribution is -0.123. The van der Waals surface area contributed by atoms with Crippen LogP contribution in [0.1, 0.15) is 36.7 Å². The third kappa shape index (κ3) is 6.15. The summed E-state index contributed by atoms with van der Waals surface area (Å²) in [5.74, 6) is -1.89. The molecule has 0 saturated carbocycles. The summed E-state index contributed by atoms with van der Waals surface area (Å²) in [6, 6.07) is 2.11. The smallest absolute Gasteiger partial charge is 0.416 e. The third-order valence-corrected chi connectivity index (χ3v) is 3.97. The fraction of sp³-hybridized carbons (Fsp3) is 0.474. The molecular formula is C19H23F4N5O3. The Bertz CT molecular complexity index is 996. The fourth-order valence-electron chi connectivity index (χ4n) is 2.52. The molecule has 170 valence electrons. The van der Waals surface area contributed by atoms with Crippen LogP contribution in [0.2, 0.25) is 0 Å². The Morgan fingerprint density at radius 2 is 1.84 bits per heavy atom. The number of aromatic nitrogens is 3. The predicted molar refractivity (Wildman–Crippen MR) is 104 cm³/mol. The minimum absolute atomic E-state index is 0.0345. The average molecular weight is 445 g/mol. The number of rotatable bonds is 4. The van der Waals surface area contributed by atoms with Crippen LogP contribution in [-0.2, 0) is 11.8 Å². The second-order valence-electron chi connectivity index (χ2n) is 7.84. The van der Waals surface area contributed by atoms with Gasteiger partial charge in [0.05, 0.1) is 5.56 Å². The van der Waals surface area contributed by atoms with Gasteiger partial charge in [-0.15, -0.1) is 5.10 Å². The summed E-state index contributed by atoms with van der Waals surface area (Å²) in [6.07, 6.45) is -5.32. The number of anilines is 1. The van der Waals surface area contributed by atoms with Gasteiger partial charge in [-0.2, -0.15) is 18.2 Å². The zero-order valence-electron chi connectivity index (χ0n) is 17.9. The Kier molecular flexibility index (Phi) is 6.62. The minimum Gasteiger partial charge on any atom is -0.443 e. The van der Waals surface area contributed by atoms with Gasteiger partial charge in [-0.3, -0.25) is 4.79 Å². The molecule has 1 aromatic carbocycles. The minimum atomic E-state index is -4.59. The Hall–Kier alpha value is -3.18. The van der Waals surface area contributed by atoms with E-state index in [-0.39, 0.29) is 28.5 Å². The van der Waals surface area contributed by atoms with E-state index in [4.69, 9.17) is 4.74 Å². The van der Waals surface area contributed by atoms with E-state index in [9.17, 15) is 27.2 Å². The van der Waals surface area contributed by atoms with E-state index >= 15 is 0 Å².